The van der Waals surface area contributed by atoms with E-state index < -0.39 is 0 Å². The molecule has 2 atom stereocenters. The summed E-state index contributed by atoms with van der Waals surface area (Å²) in [6.45, 7) is 2.16. The minimum Gasteiger partial charge on any atom is -0.383 e. The van der Waals surface area contributed by atoms with Gasteiger partial charge in [-0.3, -0.25) is 4.79 Å². The predicted octanol–water partition coefficient (Wildman–Crippen LogP) is 4.05. The molecule has 5 heteroatoms. The minimum absolute atomic E-state index is 0.0361. The Balaban J connectivity index is 1.57. The number of carbonyl (C=O) groups is 1. The van der Waals surface area contributed by atoms with Gasteiger partial charge in [0.15, 0.2) is 5.78 Å². The smallest absolute Gasteiger partial charge is 0.232 e. The highest BCUT2D eigenvalue weighted by molar-refractivity contribution is 6.02. The summed E-state index contributed by atoms with van der Waals surface area (Å²) in [6.07, 6.45) is 2.10. The number of fused-ring (bicyclic) bond motifs is 2. The number of hydrogen-bond acceptors (Lipinski definition) is 5. The van der Waals surface area contributed by atoms with Gasteiger partial charge in [-0.2, -0.15) is 4.98 Å². The Bertz CT molecular complexity index is 1060. The van der Waals surface area contributed by atoms with Crippen LogP contribution in [0.5, 0.6) is 0 Å². The Morgan fingerprint density at radius 2 is 1.71 bits per heavy atom. The lowest BCUT2D eigenvalue weighted by Crippen LogP contribution is -2.29. The molecule has 0 amide bonds. The Morgan fingerprint density at radius 3 is 2.54 bits per heavy atom. The van der Waals surface area contributed by atoms with Gasteiger partial charge in [-0.05, 0) is 42.9 Å². The van der Waals surface area contributed by atoms with E-state index in [1.807, 2.05) is 24.3 Å². The van der Waals surface area contributed by atoms with Crippen LogP contribution in [0.4, 0.5) is 17.5 Å². The van der Waals surface area contributed by atoms with E-state index in [9.17, 15) is 4.79 Å². The van der Waals surface area contributed by atoms with E-state index in [2.05, 4.69) is 47.1 Å². The average Bonchev–Trinajstić information content (AvgIpc) is 3.03. The van der Waals surface area contributed by atoms with Crippen molar-refractivity contribution in [2.45, 2.75) is 38.1 Å². The van der Waals surface area contributed by atoms with Crippen molar-refractivity contribution in [2.75, 3.05) is 10.6 Å². The van der Waals surface area contributed by atoms with E-state index in [1.165, 1.54) is 11.1 Å². The summed E-state index contributed by atoms with van der Waals surface area (Å²) in [5.74, 6) is 1.06. The van der Waals surface area contributed by atoms with Crippen molar-refractivity contribution in [3.63, 3.8) is 0 Å². The third-order valence-corrected chi connectivity index (χ3v) is 5.84. The van der Waals surface area contributed by atoms with Crippen LogP contribution in [0.15, 0.2) is 54.6 Å². The van der Waals surface area contributed by atoms with Gasteiger partial charge < -0.3 is 10.6 Å². The molecule has 1 aliphatic heterocycles. The van der Waals surface area contributed by atoms with Gasteiger partial charge in [-0.25, -0.2) is 4.98 Å². The highest BCUT2D eigenvalue weighted by Crippen LogP contribution is 2.39. The largest absolute Gasteiger partial charge is 0.383 e. The van der Waals surface area contributed by atoms with Crippen molar-refractivity contribution in [3.8, 4) is 0 Å². The third kappa shape index (κ3) is 2.66. The SMILES string of the molecule is CC1Cc2ccccc2N1c1nc(N)c2c(n1)CC(c1ccccc1)CC2=O. The molecule has 2 unspecified atom stereocenters. The van der Waals surface area contributed by atoms with Gasteiger partial charge in [-0.1, -0.05) is 48.5 Å². The molecule has 0 saturated carbocycles. The molecular formula is C23H22N4O. The summed E-state index contributed by atoms with van der Waals surface area (Å²) in [5.41, 5.74) is 11.1. The lowest BCUT2D eigenvalue weighted by Gasteiger charge is -2.27. The third-order valence-electron chi connectivity index (χ3n) is 5.84. The van der Waals surface area contributed by atoms with Crippen LogP contribution in [-0.4, -0.2) is 21.8 Å². The van der Waals surface area contributed by atoms with Crippen molar-refractivity contribution >= 4 is 23.2 Å². The van der Waals surface area contributed by atoms with Crippen molar-refractivity contribution < 1.29 is 4.79 Å². The molecule has 0 spiro atoms. The monoisotopic (exact) mass is 370 g/mol. The number of Topliss-reactive ketones (excluding diaryl/α,β-unsaturated/α-hetero) is 1. The predicted molar refractivity (Wildman–Crippen MR) is 110 cm³/mol. The van der Waals surface area contributed by atoms with Gasteiger partial charge in [0.2, 0.25) is 5.95 Å². The number of ketones is 1. The number of nitrogen functional groups attached to an aromatic ring is 1. The van der Waals surface area contributed by atoms with Crippen LogP contribution in [-0.2, 0) is 12.8 Å². The van der Waals surface area contributed by atoms with Gasteiger partial charge in [-0.15, -0.1) is 0 Å². The van der Waals surface area contributed by atoms with Crippen LogP contribution in [0.2, 0.25) is 0 Å². The number of hydrogen-bond donors (Lipinski definition) is 1. The summed E-state index contributed by atoms with van der Waals surface area (Å²) < 4.78 is 0. The fourth-order valence-electron chi connectivity index (χ4n) is 4.53. The van der Waals surface area contributed by atoms with Crippen molar-refractivity contribution in [1.29, 1.82) is 0 Å². The Hall–Kier alpha value is -3.21. The number of nitrogens with two attached hydrogens (primary N) is 1. The Labute approximate surface area is 164 Å². The standard InChI is InChI=1S/C23H22N4O/c1-14-11-16-9-5-6-10-19(16)27(14)23-25-18-12-17(15-7-3-2-4-8-15)13-20(28)21(18)22(24)26-23/h2-10,14,17H,11-13H2,1H3,(H2,24,25,26). The second kappa shape index (κ2) is 6.44. The molecule has 3 aromatic rings. The number of anilines is 3. The lowest BCUT2D eigenvalue weighted by atomic mass is 9.82. The van der Waals surface area contributed by atoms with E-state index in [0.29, 0.717) is 30.2 Å². The van der Waals surface area contributed by atoms with E-state index in [1.54, 1.807) is 0 Å². The maximum absolute atomic E-state index is 12.8. The molecular weight excluding hydrogens is 348 g/mol. The molecule has 2 aromatic carbocycles. The molecule has 1 aromatic heterocycles. The van der Waals surface area contributed by atoms with E-state index in [4.69, 9.17) is 10.7 Å². The fraction of sp³-hybridized carbons (Fsp3) is 0.261. The molecule has 2 aliphatic rings. The fourth-order valence-corrected chi connectivity index (χ4v) is 4.53. The summed E-state index contributed by atoms with van der Waals surface area (Å²) in [7, 11) is 0. The number of para-hydroxylation sites is 1. The Kier molecular flexibility index (Phi) is 3.90. The maximum atomic E-state index is 12.8. The zero-order valence-corrected chi connectivity index (χ0v) is 15.8. The molecule has 0 radical (unpaired) electrons. The molecule has 5 rings (SSSR count). The summed E-state index contributed by atoms with van der Waals surface area (Å²) in [4.78, 5) is 24.3. The van der Waals surface area contributed by atoms with Crippen LogP contribution in [0.25, 0.3) is 0 Å². The summed E-state index contributed by atoms with van der Waals surface area (Å²) in [5, 5.41) is 0. The number of benzene rings is 2. The first-order chi connectivity index (χ1) is 13.6. The van der Waals surface area contributed by atoms with Crippen molar-refractivity contribution in [3.05, 3.63) is 77.0 Å². The normalized spacial score (nSPS) is 20.8. The Morgan fingerprint density at radius 1 is 0.964 bits per heavy atom. The van der Waals surface area contributed by atoms with Crippen molar-refractivity contribution in [2.24, 2.45) is 0 Å². The summed E-state index contributed by atoms with van der Waals surface area (Å²) in [6, 6.07) is 18.7. The first-order valence-corrected chi connectivity index (χ1v) is 9.73. The molecule has 1 aliphatic carbocycles. The second-order valence-electron chi connectivity index (χ2n) is 7.72. The number of aromatic nitrogens is 2. The van der Waals surface area contributed by atoms with Gasteiger partial charge >= 0.3 is 0 Å². The van der Waals surface area contributed by atoms with Crippen molar-refractivity contribution in [1.82, 2.24) is 9.97 Å². The van der Waals surface area contributed by atoms with Crippen LogP contribution in [0, 0.1) is 0 Å². The van der Waals surface area contributed by atoms with Crippen LogP contribution >= 0.6 is 0 Å². The van der Waals surface area contributed by atoms with E-state index in [-0.39, 0.29) is 17.7 Å². The molecule has 2 heterocycles. The number of carbonyl (C=O) groups excluding carboxylic acids is 1. The highest BCUT2D eigenvalue weighted by Gasteiger charge is 2.34. The van der Waals surface area contributed by atoms with E-state index in [0.717, 1.165) is 17.8 Å². The highest BCUT2D eigenvalue weighted by atomic mass is 16.1. The van der Waals surface area contributed by atoms with E-state index >= 15 is 0 Å². The maximum Gasteiger partial charge on any atom is 0.232 e. The zero-order chi connectivity index (χ0) is 19.3. The van der Waals surface area contributed by atoms with Gasteiger partial charge in [0.25, 0.3) is 0 Å². The van der Waals surface area contributed by atoms with Crippen LogP contribution < -0.4 is 10.6 Å². The minimum atomic E-state index is 0.0361. The average molecular weight is 370 g/mol. The molecule has 0 fully saturated rings. The van der Waals surface area contributed by atoms with Gasteiger partial charge in [0.05, 0.1) is 11.3 Å². The quantitative estimate of drug-likeness (QED) is 0.737. The number of rotatable bonds is 2. The van der Waals surface area contributed by atoms with Gasteiger partial charge in [0.1, 0.15) is 5.82 Å². The molecule has 0 bridgehead atoms. The first-order valence-electron chi connectivity index (χ1n) is 9.73. The second-order valence-corrected chi connectivity index (χ2v) is 7.72. The zero-order valence-electron chi connectivity index (χ0n) is 15.8. The molecule has 140 valence electrons. The molecule has 28 heavy (non-hydrogen) atoms. The first kappa shape index (κ1) is 16.9. The molecule has 0 saturated heterocycles. The molecule has 5 nitrogen and oxygen atoms in total. The molecule has 2 N–H and O–H groups in total. The summed E-state index contributed by atoms with van der Waals surface area (Å²) >= 11 is 0. The van der Waals surface area contributed by atoms with Crippen LogP contribution in [0.3, 0.4) is 0 Å². The van der Waals surface area contributed by atoms with Gasteiger partial charge in [0, 0.05) is 18.2 Å². The van der Waals surface area contributed by atoms with Crippen LogP contribution in [0.1, 0.15) is 46.4 Å². The lowest BCUT2D eigenvalue weighted by molar-refractivity contribution is 0.0964. The topological polar surface area (TPSA) is 72.1 Å². The number of nitrogens with zero attached hydrogens (tertiary/aromatic N) is 3.